The summed E-state index contributed by atoms with van der Waals surface area (Å²) in [6.45, 7) is 4.53. The summed E-state index contributed by atoms with van der Waals surface area (Å²) in [5, 5.41) is 13.4. The number of hydrogen-bond acceptors (Lipinski definition) is 7. The molecular weight excluding hydrogens is 434 g/mol. The van der Waals surface area contributed by atoms with Crippen LogP contribution in [0.3, 0.4) is 0 Å². The lowest BCUT2D eigenvalue weighted by Crippen LogP contribution is -2.49. The number of fused-ring (bicyclic) bond motifs is 1. The molecule has 1 atom stereocenters. The quantitative estimate of drug-likeness (QED) is 0.481. The van der Waals surface area contributed by atoms with Gasteiger partial charge in [-0.15, -0.1) is 5.10 Å². The van der Waals surface area contributed by atoms with Crippen LogP contribution in [0.2, 0.25) is 0 Å². The third-order valence-electron chi connectivity index (χ3n) is 6.82. The van der Waals surface area contributed by atoms with E-state index in [1.54, 1.807) is 7.11 Å². The average Bonchev–Trinajstić information content (AvgIpc) is 3.31. The summed E-state index contributed by atoms with van der Waals surface area (Å²) in [5.74, 6) is 0.505. The molecule has 10 nitrogen and oxygen atoms in total. The number of nitrogens with one attached hydrogen (secondary N) is 3. The van der Waals surface area contributed by atoms with E-state index in [1.165, 1.54) is 0 Å². The first-order valence-corrected chi connectivity index (χ1v) is 11.6. The number of carbonyl (C=O) groups excluding carboxylic acids is 2. The molecule has 1 aliphatic heterocycles. The Morgan fingerprint density at radius 2 is 2.06 bits per heavy atom. The molecule has 0 bridgehead atoms. The highest BCUT2D eigenvalue weighted by molar-refractivity contribution is 6.07. The fourth-order valence-electron chi connectivity index (χ4n) is 5.11. The number of imide groups is 1. The largest absolute Gasteiger partial charge is 0.383 e. The highest BCUT2D eigenvalue weighted by Gasteiger charge is 2.48. The number of aryl methyl sites for hydroxylation is 1. The van der Waals surface area contributed by atoms with Gasteiger partial charge in [0.25, 0.3) is 5.91 Å². The zero-order chi connectivity index (χ0) is 23.9. The van der Waals surface area contributed by atoms with Crippen LogP contribution < -0.4 is 16.0 Å². The number of amides is 3. The third-order valence-corrected chi connectivity index (χ3v) is 6.82. The van der Waals surface area contributed by atoms with Gasteiger partial charge in [-0.1, -0.05) is 0 Å². The second kappa shape index (κ2) is 8.68. The molecule has 1 saturated heterocycles. The number of nitrogens with zero attached hydrogens (tertiary/aromatic N) is 4. The number of anilines is 1. The van der Waals surface area contributed by atoms with Crippen molar-refractivity contribution in [2.75, 3.05) is 19.0 Å². The van der Waals surface area contributed by atoms with Gasteiger partial charge in [0.15, 0.2) is 0 Å². The van der Waals surface area contributed by atoms with Crippen molar-refractivity contribution < 1.29 is 14.3 Å². The topological polar surface area (TPSA) is 123 Å². The van der Waals surface area contributed by atoms with E-state index in [0.717, 1.165) is 40.9 Å². The van der Waals surface area contributed by atoms with Gasteiger partial charge in [-0.25, -0.2) is 14.3 Å². The van der Waals surface area contributed by atoms with Crippen molar-refractivity contribution in [2.24, 2.45) is 0 Å². The molecule has 3 aromatic rings. The van der Waals surface area contributed by atoms with Crippen LogP contribution in [0.5, 0.6) is 0 Å². The van der Waals surface area contributed by atoms with Gasteiger partial charge in [0.1, 0.15) is 5.54 Å². The van der Waals surface area contributed by atoms with Gasteiger partial charge in [0.2, 0.25) is 5.95 Å². The molecule has 3 N–H and O–H groups in total. The molecule has 10 heteroatoms. The van der Waals surface area contributed by atoms with E-state index < -0.39 is 11.6 Å². The first kappa shape index (κ1) is 22.3. The van der Waals surface area contributed by atoms with Crippen LogP contribution in [0, 0.1) is 6.92 Å². The first-order valence-electron chi connectivity index (χ1n) is 11.6. The van der Waals surface area contributed by atoms with Crippen LogP contribution in [0.25, 0.3) is 16.6 Å². The lowest BCUT2D eigenvalue weighted by atomic mass is 9.75. The molecule has 1 aliphatic carbocycles. The second-order valence-corrected chi connectivity index (χ2v) is 9.31. The highest BCUT2D eigenvalue weighted by Crippen LogP contribution is 2.41. The SMILES string of the molecule is COCC(C)Nc1ncc2c(-c3ccnc(C)c3)cc(C3CCC4(CC3)NC(=O)NC4=O)n2n1. The molecular formula is C24H29N7O3. The van der Waals surface area contributed by atoms with Crippen molar-refractivity contribution in [3.05, 3.63) is 42.0 Å². The smallest absolute Gasteiger partial charge is 0.322 e. The fraction of sp³-hybridized carbons (Fsp3) is 0.458. The summed E-state index contributed by atoms with van der Waals surface area (Å²) in [4.78, 5) is 33.0. The monoisotopic (exact) mass is 463 g/mol. The van der Waals surface area contributed by atoms with Crippen molar-refractivity contribution in [3.8, 4) is 11.1 Å². The summed E-state index contributed by atoms with van der Waals surface area (Å²) in [7, 11) is 1.66. The van der Waals surface area contributed by atoms with Crippen LogP contribution in [0.1, 0.15) is 49.9 Å². The average molecular weight is 464 g/mol. The Bertz CT molecular complexity index is 1250. The van der Waals surface area contributed by atoms with E-state index >= 15 is 0 Å². The Balaban J connectivity index is 1.52. The van der Waals surface area contributed by atoms with Crippen LogP contribution in [-0.2, 0) is 9.53 Å². The lowest BCUT2D eigenvalue weighted by molar-refractivity contribution is -0.125. The van der Waals surface area contributed by atoms with Gasteiger partial charge in [0, 0.05) is 42.2 Å². The Kier molecular flexibility index (Phi) is 5.68. The van der Waals surface area contributed by atoms with Crippen molar-refractivity contribution in [2.45, 2.75) is 57.0 Å². The Hall–Kier alpha value is -3.53. The minimum atomic E-state index is -0.789. The predicted molar refractivity (Wildman–Crippen MR) is 127 cm³/mol. The second-order valence-electron chi connectivity index (χ2n) is 9.31. The molecule has 3 aromatic heterocycles. The minimum Gasteiger partial charge on any atom is -0.383 e. The van der Waals surface area contributed by atoms with Crippen molar-refractivity contribution in [3.63, 3.8) is 0 Å². The van der Waals surface area contributed by atoms with Crippen molar-refractivity contribution >= 4 is 23.4 Å². The molecule has 4 heterocycles. The number of hydrogen-bond donors (Lipinski definition) is 3. The molecule has 1 saturated carbocycles. The number of urea groups is 1. The van der Waals surface area contributed by atoms with E-state index in [2.05, 4.69) is 38.1 Å². The van der Waals surface area contributed by atoms with Crippen LogP contribution in [0.15, 0.2) is 30.6 Å². The molecule has 34 heavy (non-hydrogen) atoms. The number of ether oxygens (including phenoxy) is 1. The van der Waals surface area contributed by atoms with Gasteiger partial charge < -0.3 is 15.4 Å². The summed E-state index contributed by atoms with van der Waals surface area (Å²) < 4.78 is 7.19. The van der Waals surface area contributed by atoms with E-state index in [1.807, 2.05) is 36.8 Å². The molecule has 178 valence electrons. The van der Waals surface area contributed by atoms with E-state index in [9.17, 15) is 9.59 Å². The van der Waals surface area contributed by atoms with Crippen LogP contribution >= 0.6 is 0 Å². The molecule has 0 radical (unpaired) electrons. The Morgan fingerprint density at radius 1 is 1.26 bits per heavy atom. The summed E-state index contributed by atoms with van der Waals surface area (Å²) in [6, 6.07) is 5.88. The van der Waals surface area contributed by atoms with Gasteiger partial charge in [-0.2, -0.15) is 0 Å². The van der Waals surface area contributed by atoms with Crippen molar-refractivity contribution in [1.82, 2.24) is 30.2 Å². The number of carbonyl (C=O) groups is 2. The molecule has 2 aliphatic rings. The molecule has 5 rings (SSSR count). The van der Waals surface area contributed by atoms with Gasteiger partial charge >= 0.3 is 6.03 Å². The zero-order valence-corrected chi connectivity index (χ0v) is 19.6. The number of methoxy groups -OCH3 is 1. The Morgan fingerprint density at radius 3 is 2.74 bits per heavy atom. The normalized spacial score (nSPS) is 23.2. The maximum Gasteiger partial charge on any atom is 0.322 e. The molecule has 3 amide bonds. The van der Waals surface area contributed by atoms with E-state index in [-0.39, 0.29) is 17.9 Å². The van der Waals surface area contributed by atoms with Crippen LogP contribution in [0.4, 0.5) is 10.7 Å². The summed E-state index contributed by atoms with van der Waals surface area (Å²) in [5.41, 5.74) is 4.24. The summed E-state index contributed by atoms with van der Waals surface area (Å²) >= 11 is 0. The number of pyridine rings is 1. The minimum absolute atomic E-state index is 0.0582. The summed E-state index contributed by atoms with van der Waals surface area (Å²) in [6.07, 6.45) is 6.37. The lowest BCUT2D eigenvalue weighted by Gasteiger charge is -2.34. The maximum atomic E-state index is 12.4. The van der Waals surface area contributed by atoms with E-state index in [4.69, 9.17) is 9.84 Å². The molecule has 1 unspecified atom stereocenters. The maximum absolute atomic E-state index is 12.4. The molecule has 2 fully saturated rings. The van der Waals surface area contributed by atoms with Crippen LogP contribution in [-0.4, -0.2) is 56.8 Å². The van der Waals surface area contributed by atoms with Crippen molar-refractivity contribution in [1.29, 1.82) is 0 Å². The highest BCUT2D eigenvalue weighted by atomic mass is 16.5. The first-order chi connectivity index (χ1) is 16.4. The fourth-order valence-corrected chi connectivity index (χ4v) is 5.11. The Labute approximate surface area is 197 Å². The number of aromatic nitrogens is 4. The predicted octanol–water partition coefficient (Wildman–Crippen LogP) is 2.78. The molecule has 1 spiro atoms. The third kappa shape index (κ3) is 3.98. The van der Waals surface area contributed by atoms with Gasteiger partial charge in [-0.05, 0) is 63.3 Å². The van der Waals surface area contributed by atoms with E-state index in [0.29, 0.717) is 25.4 Å². The molecule has 0 aromatic carbocycles. The zero-order valence-electron chi connectivity index (χ0n) is 19.6. The van der Waals surface area contributed by atoms with Gasteiger partial charge in [0.05, 0.1) is 18.3 Å². The van der Waals surface area contributed by atoms with Gasteiger partial charge in [-0.3, -0.25) is 15.1 Å². The standard InChI is InChI=1S/C24H29N7O3/c1-14-10-17(6-9-25-14)18-11-19(16-4-7-24(8-5-16)21(32)28-23(33)29-24)31-20(18)12-26-22(30-31)27-15(2)13-34-3/h6,9-12,15-16H,4-5,7-8,13H2,1-3H3,(H,27,30)(H2,28,29,32,33). The number of rotatable bonds is 6.